The number of anilines is 1. The number of rotatable bonds is 3. The Kier molecular flexibility index (Phi) is 3.25. The number of carbonyl (C=O) groups excluding carboxylic acids is 1. The molecule has 17 heavy (non-hydrogen) atoms. The molecule has 0 aliphatic rings. The fourth-order valence-electron chi connectivity index (χ4n) is 1.64. The summed E-state index contributed by atoms with van der Waals surface area (Å²) >= 11 is 0. The van der Waals surface area contributed by atoms with Gasteiger partial charge in [-0.3, -0.25) is 4.79 Å². The number of nitrogens with one attached hydrogen (secondary N) is 2. The minimum absolute atomic E-state index is 0.219. The quantitative estimate of drug-likeness (QED) is 0.757. The summed E-state index contributed by atoms with van der Waals surface area (Å²) in [4.78, 5) is 14.7. The zero-order valence-corrected chi connectivity index (χ0v) is 9.47. The van der Waals surface area contributed by atoms with Crippen LogP contribution in [0.2, 0.25) is 0 Å². The van der Waals surface area contributed by atoms with Crippen LogP contribution in [0.15, 0.2) is 42.6 Å². The smallest absolute Gasteiger partial charge is 0.272 e. The number of aliphatic hydroxyl groups is 1. The molecule has 0 aliphatic carbocycles. The minimum atomic E-state index is -0.616. The van der Waals surface area contributed by atoms with E-state index in [2.05, 4.69) is 10.3 Å². The third-order valence-corrected chi connectivity index (χ3v) is 2.50. The van der Waals surface area contributed by atoms with Crippen molar-refractivity contribution in [3.05, 3.63) is 53.9 Å². The maximum absolute atomic E-state index is 11.8. The van der Waals surface area contributed by atoms with Crippen LogP contribution in [0.5, 0.6) is 0 Å². The normalized spacial score (nSPS) is 12.1. The van der Waals surface area contributed by atoms with Crippen molar-refractivity contribution in [3.63, 3.8) is 0 Å². The van der Waals surface area contributed by atoms with Gasteiger partial charge in [-0.2, -0.15) is 0 Å². The summed E-state index contributed by atoms with van der Waals surface area (Å²) in [5.74, 6) is -0.219. The topological polar surface area (TPSA) is 65.1 Å². The zero-order valence-electron chi connectivity index (χ0n) is 9.47. The summed E-state index contributed by atoms with van der Waals surface area (Å²) in [5.41, 5.74) is 1.82. The molecule has 4 nitrogen and oxygen atoms in total. The molecule has 2 aromatic rings. The van der Waals surface area contributed by atoms with Crippen LogP contribution < -0.4 is 5.32 Å². The zero-order chi connectivity index (χ0) is 12.3. The van der Waals surface area contributed by atoms with Gasteiger partial charge in [0.25, 0.3) is 5.91 Å². The standard InChI is InChI=1S/C13H14N2O2/c1-9(16)10-5-2-3-6-11(10)15-13(17)12-7-4-8-14-12/h2-9,14,16H,1H3,(H,15,17). The Labute approximate surface area is 99.3 Å². The third-order valence-electron chi connectivity index (χ3n) is 2.50. The van der Waals surface area contributed by atoms with E-state index in [1.165, 1.54) is 0 Å². The highest BCUT2D eigenvalue weighted by Gasteiger charge is 2.11. The second kappa shape index (κ2) is 4.84. The van der Waals surface area contributed by atoms with Gasteiger partial charge in [-0.05, 0) is 25.1 Å². The first-order chi connectivity index (χ1) is 8.18. The number of benzene rings is 1. The van der Waals surface area contributed by atoms with Crippen molar-refractivity contribution in [3.8, 4) is 0 Å². The highest BCUT2D eigenvalue weighted by Crippen LogP contribution is 2.22. The molecule has 88 valence electrons. The molecule has 0 radical (unpaired) electrons. The summed E-state index contributed by atoms with van der Waals surface area (Å²) in [7, 11) is 0. The summed E-state index contributed by atoms with van der Waals surface area (Å²) in [6.07, 6.45) is 1.07. The lowest BCUT2D eigenvalue weighted by molar-refractivity contribution is 0.102. The van der Waals surface area contributed by atoms with E-state index in [1.54, 1.807) is 37.4 Å². The molecule has 0 spiro atoms. The van der Waals surface area contributed by atoms with Crippen molar-refractivity contribution < 1.29 is 9.90 Å². The van der Waals surface area contributed by atoms with Gasteiger partial charge in [-0.15, -0.1) is 0 Å². The maximum atomic E-state index is 11.8. The number of H-pyrrole nitrogens is 1. The number of carbonyl (C=O) groups is 1. The van der Waals surface area contributed by atoms with E-state index < -0.39 is 6.10 Å². The number of aromatic nitrogens is 1. The molecule has 0 saturated carbocycles. The third kappa shape index (κ3) is 2.54. The molecule has 1 atom stereocenters. The number of hydrogen-bond acceptors (Lipinski definition) is 2. The Balaban J connectivity index is 2.22. The SMILES string of the molecule is CC(O)c1ccccc1NC(=O)c1ccc[nH]1. The number of para-hydroxylation sites is 1. The van der Waals surface area contributed by atoms with Crippen LogP contribution in [-0.4, -0.2) is 16.0 Å². The van der Waals surface area contributed by atoms with E-state index in [1.807, 2.05) is 12.1 Å². The van der Waals surface area contributed by atoms with Crippen LogP contribution in [0.3, 0.4) is 0 Å². The number of hydrogen-bond donors (Lipinski definition) is 3. The van der Waals surface area contributed by atoms with Crippen molar-refractivity contribution >= 4 is 11.6 Å². The van der Waals surface area contributed by atoms with E-state index in [4.69, 9.17) is 0 Å². The van der Waals surface area contributed by atoms with Crippen LogP contribution in [-0.2, 0) is 0 Å². The van der Waals surface area contributed by atoms with Crippen molar-refractivity contribution in [2.45, 2.75) is 13.0 Å². The molecule has 1 aromatic heterocycles. The summed E-state index contributed by atoms with van der Waals surface area (Å²) in [6, 6.07) is 10.6. The first kappa shape index (κ1) is 11.4. The minimum Gasteiger partial charge on any atom is -0.389 e. The lowest BCUT2D eigenvalue weighted by Gasteiger charge is -2.12. The number of amides is 1. The highest BCUT2D eigenvalue weighted by atomic mass is 16.3. The molecule has 1 unspecified atom stereocenters. The number of aromatic amines is 1. The first-order valence-corrected chi connectivity index (χ1v) is 5.40. The van der Waals surface area contributed by atoms with Gasteiger partial charge in [0.15, 0.2) is 0 Å². The number of aliphatic hydroxyl groups excluding tert-OH is 1. The molecule has 0 saturated heterocycles. The molecular formula is C13H14N2O2. The molecular weight excluding hydrogens is 216 g/mol. The second-order valence-corrected chi connectivity index (χ2v) is 3.80. The van der Waals surface area contributed by atoms with Crippen LogP contribution >= 0.6 is 0 Å². The summed E-state index contributed by atoms with van der Waals surface area (Å²) < 4.78 is 0. The van der Waals surface area contributed by atoms with E-state index in [0.717, 1.165) is 0 Å². The summed E-state index contributed by atoms with van der Waals surface area (Å²) in [5, 5.41) is 12.4. The molecule has 3 N–H and O–H groups in total. The van der Waals surface area contributed by atoms with Crippen molar-refractivity contribution in [2.24, 2.45) is 0 Å². The lowest BCUT2D eigenvalue weighted by Crippen LogP contribution is -2.14. The first-order valence-electron chi connectivity index (χ1n) is 5.40. The molecule has 0 fully saturated rings. The predicted octanol–water partition coefficient (Wildman–Crippen LogP) is 2.32. The van der Waals surface area contributed by atoms with Gasteiger partial charge in [-0.1, -0.05) is 18.2 Å². The average Bonchev–Trinajstić information content (AvgIpc) is 2.83. The van der Waals surface area contributed by atoms with Crippen molar-refractivity contribution in [1.82, 2.24) is 4.98 Å². The Morgan fingerprint density at radius 3 is 2.71 bits per heavy atom. The summed E-state index contributed by atoms with van der Waals surface area (Å²) in [6.45, 7) is 1.67. The van der Waals surface area contributed by atoms with Crippen LogP contribution in [0.25, 0.3) is 0 Å². The lowest BCUT2D eigenvalue weighted by atomic mass is 10.1. The van der Waals surface area contributed by atoms with Gasteiger partial charge in [0, 0.05) is 17.4 Å². The predicted molar refractivity (Wildman–Crippen MR) is 65.8 cm³/mol. The van der Waals surface area contributed by atoms with Gasteiger partial charge < -0.3 is 15.4 Å². The van der Waals surface area contributed by atoms with E-state index in [0.29, 0.717) is 16.9 Å². The monoisotopic (exact) mass is 230 g/mol. The second-order valence-electron chi connectivity index (χ2n) is 3.80. The fraction of sp³-hybridized carbons (Fsp3) is 0.154. The molecule has 4 heteroatoms. The Hall–Kier alpha value is -2.07. The Morgan fingerprint density at radius 1 is 1.29 bits per heavy atom. The van der Waals surface area contributed by atoms with E-state index in [9.17, 15) is 9.90 Å². The molecule has 2 rings (SSSR count). The van der Waals surface area contributed by atoms with Crippen LogP contribution in [0, 0.1) is 0 Å². The van der Waals surface area contributed by atoms with Gasteiger partial charge >= 0.3 is 0 Å². The maximum Gasteiger partial charge on any atom is 0.272 e. The van der Waals surface area contributed by atoms with Crippen LogP contribution in [0.1, 0.15) is 29.1 Å². The molecule has 0 bridgehead atoms. The van der Waals surface area contributed by atoms with Gasteiger partial charge in [0.05, 0.1) is 6.10 Å². The van der Waals surface area contributed by atoms with Gasteiger partial charge in [0.1, 0.15) is 5.69 Å². The molecule has 1 aromatic carbocycles. The van der Waals surface area contributed by atoms with Gasteiger partial charge in [-0.25, -0.2) is 0 Å². The fourth-order valence-corrected chi connectivity index (χ4v) is 1.64. The Bertz CT molecular complexity index is 504. The average molecular weight is 230 g/mol. The van der Waals surface area contributed by atoms with Crippen molar-refractivity contribution in [1.29, 1.82) is 0 Å². The molecule has 0 aliphatic heterocycles. The van der Waals surface area contributed by atoms with Crippen molar-refractivity contribution in [2.75, 3.05) is 5.32 Å². The largest absolute Gasteiger partial charge is 0.389 e. The van der Waals surface area contributed by atoms with E-state index in [-0.39, 0.29) is 5.91 Å². The van der Waals surface area contributed by atoms with E-state index >= 15 is 0 Å². The molecule has 1 heterocycles. The van der Waals surface area contributed by atoms with Crippen LogP contribution in [0.4, 0.5) is 5.69 Å². The van der Waals surface area contributed by atoms with Gasteiger partial charge in [0.2, 0.25) is 0 Å². The molecule has 1 amide bonds. The highest BCUT2D eigenvalue weighted by molar-refractivity contribution is 6.03. The Morgan fingerprint density at radius 2 is 2.06 bits per heavy atom.